The summed E-state index contributed by atoms with van der Waals surface area (Å²) in [5, 5.41) is 9.52. The first-order valence-electron chi connectivity index (χ1n) is 17.2. The van der Waals surface area contributed by atoms with Crippen LogP contribution in [0, 0.1) is 0 Å². The molecule has 0 spiro atoms. The summed E-state index contributed by atoms with van der Waals surface area (Å²) >= 11 is 0. The van der Waals surface area contributed by atoms with Gasteiger partial charge in [-0.2, -0.15) is 0 Å². The van der Waals surface area contributed by atoms with Crippen LogP contribution in [0.1, 0.15) is 149 Å². The molecule has 0 bridgehead atoms. The second-order valence-electron chi connectivity index (χ2n) is 11.6. The van der Waals surface area contributed by atoms with Gasteiger partial charge in [-0.1, -0.05) is 121 Å². The lowest BCUT2D eigenvalue weighted by Gasteiger charge is -2.15. The van der Waals surface area contributed by atoms with Crippen molar-refractivity contribution in [2.45, 2.75) is 167 Å². The number of aliphatic hydroxyl groups is 1. The molecule has 1 fully saturated rings. The van der Waals surface area contributed by atoms with Crippen molar-refractivity contribution in [1.29, 1.82) is 0 Å². The van der Waals surface area contributed by atoms with E-state index in [-0.39, 0.29) is 43.8 Å². The number of epoxide rings is 1. The van der Waals surface area contributed by atoms with Crippen LogP contribution in [0.2, 0.25) is 0 Å². The lowest BCUT2D eigenvalue weighted by atomic mass is 10.1. The Morgan fingerprint density at radius 2 is 1.26 bits per heavy atom. The monoisotopic (exact) mass is 590 g/mol. The van der Waals surface area contributed by atoms with E-state index in [1.165, 1.54) is 70.6 Å². The van der Waals surface area contributed by atoms with Crippen LogP contribution in [0.4, 0.5) is 0 Å². The maximum Gasteiger partial charge on any atom is 0.306 e. The first-order valence-corrected chi connectivity index (χ1v) is 17.2. The summed E-state index contributed by atoms with van der Waals surface area (Å²) in [6.07, 6.45) is 35.0. The summed E-state index contributed by atoms with van der Waals surface area (Å²) in [5.74, 6) is -0.670. The van der Waals surface area contributed by atoms with Crippen molar-refractivity contribution in [2.75, 3.05) is 13.2 Å². The standard InChI is InChI=1S/C36H62O6/c1-3-5-7-9-11-13-15-16-17-19-21-23-26-33-34(42-33)27-25-29-36(39)41-32(30-37)31-40-35(38)28-24-22-20-18-14-12-10-8-6-4-2/h11,13,16-17,21,23,32-34,37H,3-10,12,14-15,18-20,22,24-31H2,1-2H3/b13-11-,17-16-,23-21-/t32-,33?,34?/m0/s1. The van der Waals surface area contributed by atoms with E-state index in [0.717, 1.165) is 44.9 Å². The molecule has 1 N–H and O–H groups in total. The number of carbonyl (C=O) groups excluding carboxylic acids is 2. The Morgan fingerprint density at radius 1 is 0.690 bits per heavy atom. The minimum atomic E-state index is -0.805. The number of ether oxygens (including phenoxy) is 3. The van der Waals surface area contributed by atoms with Crippen LogP contribution in [-0.2, 0) is 23.8 Å². The molecule has 1 aliphatic rings. The fourth-order valence-electron chi connectivity index (χ4n) is 4.87. The fraction of sp³-hybridized carbons (Fsp3) is 0.778. The summed E-state index contributed by atoms with van der Waals surface area (Å²) in [7, 11) is 0. The fourth-order valence-corrected chi connectivity index (χ4v) is 4.87. The van der Waals surface area contributed by atoms with Crippen LogP contribution in [0.3, 0.4) is 0 Å². The third-order valence-corrected chi connectivity index (χ3v) is 7.61. The van der Waals surface area contributed by atoms with Crippen LogP contribution in [0.25, 0.3) is 0 Å². The average molecular weight is 591 g/mol. The molecule has 1 rings (SSSR count). The minimum absolute atomic E-state index is 0.0933. The highest BCUT2D eigenvalue weighted by molar-refractivity contribution is 5.70. The van der Waals surface area contributed by atoms with Gasteiger partial charge in [0.25, 0.3) is 0 Å². The molecule has 0 saturated carbocycles. The Bertz CT molecular complexity index is 743. The Labute approximate surface area is 257 Å². The van der Waals surface area contributed by atoms with E-state index in [1.807, 2.05) is 0 Å². The van der Waals surface area contributed by atoms with E-state index < -0.39 is 6.10 Å². The zero-order chi connectivity index (χ0) is 30.5. The van der Waals surface area contributed by atoms with Crippen molar-refractivity contribution in [3.8, 4) is 0 Å². The summed E-state index contributed by atoms with van der Waals surface area (Å²) < 4.78 is 16.3. The van der Waals surface area contributed by atoms with Gasteiger partial charge in [-0.25, -0.2) is 0 Å². The van der Waals surface area contributed by atoms with Gasteiger partial charge >= 0.3 is 11.9 Å². The number of carbonyl (C=O) groups is 2. The van der Waals surface area contributed by atoms with Crippen LogP contribution >= 0.6 is 0 Å². The van der Waals surface area contributed by atoms with Gasteiger partial charge in [-0.05, 0) is 51.4 Å². The van der Waals surface area contributed by atoms with Crippen molar-refractivity contribution in [3.63, 3.8) is 0 Å². The molecular formula is C36H62O6. The number of unbranched alkanes of at least 4 members (excludes halogenated alkanes) is 12. The van der Waals surface area contributed by atoms with Crippen molar-refractivity contribution in [3.05, 3.63) is 36.5 Å². The molecule has 0 aromatic rings. The Hall–Kier alpha value is -1.92. The molecular weight excluding hydrogens is 528 g/mol. The minimum Gasteiger partial charge on any atom is -0.462 e. The van der Waals surface area contributed by atoms with E-state index in [9.17, 15) is 14.7 Å². The van der Waals surface area contributed by atoms with Gasteiger partial charge in [0, 0.05) is 12.8 Å². The zero-order valence-corrected chi connectivity index (χ0v) is 26.9. The zero-order valence-electron chi connectivity index (χ0n) is 26.9. The molecule has 1 heterocycles. The highest BCUT2D eigenvalue weighted by Crippen LogP contribution is 2.30. The summed E-state index contributed by atoms with van der Waals surface area (Å²) in [6, 6.07) is 0. The quantitative estimate of drug-likeness (QED) is 0.0405. The number of aliphatic hydroxyl groups excluding tert-OH is 1. The normalized spacial score (nSPS) is 17.4. The van der Waals surface area contributed by atoms with Crippen LogP contribution in [-0.4, -0.2) is 48.6 Å². The third-order valence-electron chi connectivity index (χ3n) is 7.61. The average Bonchev–Trinajstić information content (AvgIpc) is 3.74. The Kier molecular flexibility index (Phi) is 25.3. The van der Waals surface area contributed by atoms with Crippen molar-refractivity contribution in [1.82, 2.24) is 0 Å². The second-order valence-corrected chi connectivity index (χ2v) is 11.6. The Morgan fingerprint density at radius 3 is 1.93 bits per heavy atom. The summed E-state index contributed by atoms with van der Waals surface area (Å²) in [5.41, 5.74) is 0. The van der Waals surface area contributed by atoms with Crippen molar-refractivity contribution in [2.24, 2.45) is 0 Å². The van der Waals surface area contributed by atoms with E-state index in [2.05, 4.69) is 50.3 Å². The Balaban J connectivity index is 1.99. The number of rotatable bonds is 29. The topological polar surface area (TPSA) is 85.4 Å². The molecule has 0 aromatic heterocycles. The van der Waals surface area contributed by atoms with Gasteiger partial charge in [0.15, 0.2) is 6.10 Å². The predicted octanol–water partition coefficient (Wildman–Crippen LogP) is 9.10. The van der Waals surface area contributed by atoms with Gasteiger partial charge in [0.2, 0.25) is 0 Å². The first kappa shape index (κ1) is 38.1. The molecule has 242 valence electrons. The molecule has 42 heavy (non-hydrogen) atoms. The maximum absolute atomic E-state index is 12.2. The summed E-state index contributed by atoms with van der Waals surface area (Å²) in [6.45, 7) is 4.01. The molecule has 0 radical (unpaired) electrons. The third kappa shape index (κ3) is 23.6. The SMILES string of the molecule is CCCCC/C=C\C/C=C\C/C=C\CC1OC1CCCC(=O)O[C@@H](CO)COC(=O)CCCCCCCCCCCC. The molecule has 0 aliphatic carbocycles. The number of hydrogen-bond acceptors (Lipinski definition) is 6. The molecule has 6 heteroatoms. The van der Waals surface area contributed by atoms with Gasteiger partial charge in [0.1, 0.15) is 6.61 Å². The van der Waals surface area contributed by atoms with Crippen molar-refractivity contribution >= 4 is 11.9 Å². The van der Waals surface area contributed by atoms with E-state index >= 15 is 0 Å². The summed E-state index contributed by atoms with van der Waals surface area (Å²) in [4.78, 5) is 24.2. The molecule has 3 atom stereocenters. The van der Waals surface area contributed by atoms with Gasteiger partial charge < -0.3 is 19.3 Å². The second kappa shape index (κ2) is 27.9. The molecule has 1 saturated heterocycles. The molecule has 0 amide bonds. The smallest absolute Gasteiger partial charge is 0.306 e. The highest BCUT2D eigenvalue weighted by atomic mass is 16.6. The van der Waals surface area contributed by atoms with Crippen LogP contribution in [0.5, 0.6) is 0 Å². The number of allylic oxidation sites excluding steroid dienone is 5. The van der Waals surface area contributed by atoms with Crippen LogP contribution in [0.15, 0.2) is 36.5 Å². The maximum atomic E-state index is 12.2. The molecule has 2 unspecified atom stereocenters. The van der Waals surface area contributed by atoms with E-state index in [1.54, 1.807) is 0 Å². The van der Waals surface area contributed by atoms with Gasteiger partial charge in [0.05, 0.1) is 18.8 Å². The van der Waals surface area contributed by atoms with Gasteiger partial charge in [-0.3, -0.25) is 9.59 Å². The predicted molar refractivity (Wildman–Crippen MR) is 172 cm³/mol. The first-order chi connectivity index (χ1) is 20.6. The lowest BCUT2D eigenvalue weighted by Crippen LogP contribution is -2.28. The van der Waals surface area contributed by atoms with E-state index in [0.29, 0.717) is 12.8 Å². The van der Waals surface area contributed by atoms with Crippen LogP contribution < -0.4 is 0 Å². The molecule has 6 nitrogen and oxygen atoms in total. The lowest BCUT2D eigenvalue weighted by molar-refractivity contribution is -0.161. The molecule has 1 aliphatic heterocycles. The van der Waals surface area contributed by atoms with E-state index in [4.69, 9.17) is 14.2 Å². The van der Waals surface area contributed by atoms with Crippen molar-refractivity contribution < 1.29 is 28.9 Å². The van der Waals surface area contributed by atoms with Gasteiger partial charge in [-0.15, -0.1) is 0 Å². The number of esters is 2. The molecule has 0 aromatic carbocycles. The largest absolute Gasteiger partial charge is 0.462 e. The number of hydrogen-bond donors (Lipinski definition) is 1. The highest BCUT2D eigenvalue weighted by Gasteiger charge is 2.36.